The van der Waals surface area contributed by atoms with Gasteiger partial charge in [0.2, 0.25) is 5.91 Å². The number of primary amides is 1. The van der Waals surface area contributed by atoms with Crippen LogP contribution in [0.1, 0.15) is 16.8 Å². The molecular formula is C11H17N3O2. The van der Waals surface area contributed by atoms with E-state index in [1.54, 1.807) is 25.3 Å². The zero-order valence-electron chi connectivity index (χ0n) is 9.32. The smallest absolute Gasteiger partial charge is 0.248 e. The molecule has 88 valence electrons. The number of nitrogens with one attached hydrogen (secondary N) is 1. The highest BCUT2D eigenvalue weighted by molar-refractivity contribution is 5.94. The highest BCUT2D eigenvalue weighted by atomic mass is 16.5. The molecule has 16 heavy (non-hydrogen) atoms. The summed E-state index contributed by atoms with van der Waals surface area (Å²) < 4.78 is 4.93. The highest BCUT2D eigenvalue weighted by Crippen LogP contribution is 2.19. The normalized spacial score (nSPS) is 10.1. The van der Waals surface area contributed by atoms with Gasteiger partial charge in [0.05, 0.1) is 11.4 Å². The summed E-state index contributed by atoms with van der Waals surface area (Å²) in [4.78, 5) is 10.9. The lowest BCUT2D eigenvalue weighted by molar-refractivity contribution is 0.100. The summed E-state index contributed by atoms with van der Waals surface area (Å²) in [5.41, 5.74) is 12.7. The average Bonchev–Trinajstić information content (AvgIpc) is 2.26. The van der Waals surface area contributed by atoms with Crippen LogP contribution < -0.4 is 16.8 Å². The van der Waals surface area contributed by atoms with E-state index in [1.165, 1.54) is 0 Å². The molecule has 1 amide bonds. The van der Waals surface area contributed by atoms with Gasteiger partial charge in [0.25, 0.3) is 0 Å². The molecule has 0 saturated carbocycles. The zero-order valence-corrected chi connectivity index (χ0v) is 9.32. The van der Waals surface area contributed by atoms with Crippen molar-refractivity contribution >= 4 is 17.3 Å². The molecule has 0 aliphatic carbocycles. The van der Waals surface area contributed by atoms with Gasteiger partial charge in [0.1, 0.15) is 0 Å². The maximum Gasteiger partial charge on any atom is 0.248 e. The number of benzene rings is 1. The standard InChI is InChI=1S/C11H17N3O2/c1-16-6-2-5-14-10-4-3-8(11(13)15)7-9(10)12/h3-4,7,14H,2,5-6,12H2,1H3,(H2,13,15). The lowest BCUT2D eigenvalue weighted by Crippen LogP contribution is -2.12. The van der Waals surface area contributed by atoms with Crippen molar-refractivity contribution < 1.29 is 9.53 Å². The Morgan fingerprint density at radius 3 is 2.81 bits per heavy atom. The van der Waals surface area contributed by atoms with Crippen molar-refractivity contribution in [3.63, 3.8) is 0 Å². The van der Waals surface area contributed by atoms with Crippen LogP contribution in [0.5, 0.6) is 0 Å². The van der Waals surface area contributed by atoms with Crippen molar-refractivity contribution in [1.82, 2.24) is 0 Å². The molecule has 0 spiro atoms. The van der Waals surface area contributed by atoms with Crippen LogP contribution in [0.2, 0.25) is 0 Å². The van der Waals surface area contributed by atoms with Crippen LogP contribution in [0, 0.1) is 0 Å². The number of nitrogen functional groups attached to an aromatic ring is 1. The molecule has 1 aromatic rings. The van der Waals surface area contributed by atoms with Gasteiger partial charge in [-0.05, 0) is 24.6 Å². The van der Waals surface area contributed by atoms with Gasteiger partial charge in [-0.1, -0.05) is 0 Å². The predicted molar refractivity (Wildman–Crippen MR) is 64.4 cm³/mol. The van der Waals surface area contributed by atoms with Crippen LogP contribution in [0.15, 0.2) is 18.2 Å². The van der Waals surface area contributed by atoms with Gasteiger partial charge in [0, 0.05) is 25.8 Å². The first-order valence-corrected chi connectivity index (χ1v) is 5.07. The van der Waals surface area contributed by atoms with Crippen molar-refractivity contribution in [2.24, 2.45) is 5.73 Å². The molecule has 0 bridgehead atoms. The molecule has 1 aromatic carbocycles. The number of ether oxygens (including phenoxy) is 1. The first kappa shape index (κ1) is 12.3. The van der Waals surface area contributed by atoms with Gasteiger partial charge in [-0.15, -0.1) is 0 Å². The van der Waals surface area contributed by atoms with E-state index in [-0.39, 0.29) is 0 Å². The fourth-order valence-corrected chi connectivity index (χ4v) is 1.32. The third-order valence-electron chi connectivity index (χ3n) is 2.18. The number of rotatable bonds is 6. The number of anilines is 2. The minimum absolute atomic E-state index is 0.417. The van der Waals surface area contributed by atoms with E-state index in [2.05, 4.69) is 5.32 Å². The van der Waals surface area contributed by atoms with Gasteiger partial charge in [-0.2, -0.15) is 0 Å². The molecule has 5 nitrogen and oxygen atoms in total. The Morgan fingerprint density at radius 2 is 2.25 bits per heavy atom. The quantitative estimate of drug-likeness (QED) is 0.492. The molecule has 0 radical (unpaired) electrons. The van der Waals surface area contributed by atoms with E-state index in [1.807, 2.05) is 0 Å². The van der Waals surface area contributed by atoms with E-state index in [4.69, 9.17) is 16.2 Å². The molecule has 0 aliphatic rings. The van der Waals surface area contributed by atoms with Gasteiger partial charge in [-0.3, -0.25) is 4.79 Å². The number of carbonyl (C=O) groups is 1. The first-order valence-electron chi connectivity index (χ1n) is 5.07. The van der Waals surface area contributed by atoms with Crippen molar-refractivity contribution in [3.8, 4) is 0 Å². The fraction of sp³-hybridized carbons (Fsp3) is 0.364. The Balaban J connectivity index is 2.57. The largest absolute Gasteiger partial charge is 0.397 e. The number of nitrogens with two attached hydrogens (primary N) is 2. The SMILES string of the molecule is COCCCNc1ccc(C(N)=O)cc1N. The van der Waals surface area contributed by atoms with Gasteiger partial charge < -0.3 is 21.5 Å². The van der Waals surface area contributed by atoms with Crippen molar-refractivity contribution in [3.05, 3.63) is 23.8 Å². The number of hydrogen-bond acceptors (Lipinski definition) is 4. The fourth-order valence-electron chi connectivity index (χ4n) is 1.32. The average molecular weight is 223 g/mol. The number of amides is 1. The van der Waals surface area contributed by atoms with Gasteiger partial charge in [-0.25, -0.2) is 0 Å². The van der Waals surface area contributed by atoms with E-state index >= 15 is 0 Å². The number of carbonyl (C=O) groups excluding carboxylic acids is 1. The zero-order chi connectivity index (χ0) is 12.0. The minimum atomic E-state index is -0.474. The van der Waals surface area contributed by atoms with Crippen LogP contribution in [0.4, 0.5) is 11.4 Å². The molecular weight excluding hydrogens is 206 g/mol. The van der Waals surface area contributed by atoms with Crippen LogP contribution in [0.3, 0.4) is 0 Å². The molecule has 5 heteroatoms. The van der Waals surface area contributed by atoms with E-state index in [9.17, 15) is 4.79 Å². The Hall–Kier alpha value is -1.75. The summed E-state index contributed by atoms with van der Waals surface area (Å²) in [5, 5.41) is 3.16. The maximum absolute atomic E-state index is 10.9. The van der Waals surface area contributed by atoms with Crippen molar-refractivity contribution in [2.75, 3.05) is 31.3 Å². The number of methoxy groups -OCH3 is 1. The minimum Gasteiger partial charge on any atom is -0.397 e. The van der Waals surface area contributed by atoms with Crippen LogP contribution >= 0.6 is 0 Å². The lowest BCUT2D eigenvalue weighted by Gasteiger charge is -2.09. The molecule has 0 unspecified atom stereocenters. The molecule has 0 fully saturated rings. The third kappa shape index (κ3) is 3.43. The summed E-state index contributed by atoms with van der Waals surface area (Å²) in [6, 6.07) is 4.97. The Morgan fingerprint density at radius 1 is 1.50 bits per heavy atom. The summed E-state index contributed by atoms with van der Waals surface area (Å²) in [6.45, 7) is 1.47. The van der Waals surface area contributed by atoms with Crippen LogP contribution in [-0.2, 0) is 4.74 Å². The molecule has 0 heterocycles. The Bertz CT molecular complexity index is 366. The monoisotopic (exact) mass is 223 g/mol. The molecule has 1 rings (SSSR count). The molecule has 0 saturated heterocycles. The molecule has 5 N–H and O–H groups in total. The van der Waals surface area contributed by atoms with E-state index < -0.39 is 5.91 Å². The maximum atomic E-state index is 10.9. The van der Waals surface area contributed by atoms with Crippen molar-refractivity contribution in [2.45, 2.75) is 6.42 Å². The summed E-state index contributed by atoms with van der Waals surface area (Å²) in [6.07, 6.45) is 0.896. The first-order chi connectivity index (χ1) is 7.65. The Kier molecular flexibility index (Phi) is 4.60. The molecule has 0 aliphatic heterocycles. The summed E-state index contributed by atoms with van der Waals surface area (Å²) in [7, 11) is 1.66. The summed E-state index contributed by atoms with van der Waals surface area (Å²) in [5.74, 6) is -0.474. The second-order valence-electron chi connectivity index (χ2n) is 3.44. The lowest BCUT2D eigenvalue weighted by atomic mass is 10.1. The van der Waals surface area contributed by atoms with E-state index in [0.717, 1.165) is 18.7 Å². The van der Waals surface area contributed by atoms with Gasteiger partial charge in [0.15, 0.2) is 0 Å². The summed E-state index contributed by atoms with van der Waals surface area (Å²) >= 11 is 0. The number of hydrogen-bond donors (Lipinski definition) is 3. The second kappa shape index (κ2) is 5.97. The second-order valence-corrected chi connectivity index (χ2v) is 3.44. The molecule has 0 atom stereocenters. The topological polar surface area (TPSA) is 90.4 Å². The Labute approximate surface area is 94.8 Å². The third-order valence-corrected chi connectivity index (χ3v) is 2.18. The van der Waals surface area contributed by atoms with E-state index in [0.29, 0.717) is 17.9 Å². The molecule has 0 aromatic heterocycles. The highest BCUT2D eigenvalue weighted by Gasteiger charge is 2.03. The van der Waals surface area contributed by atoms with Crippen molar-refractivity contribution in [1.29, 1.82) is 0 Å². The van der Waals surface area contributed by atoms with Crippen LogP contribution in [0.25, 0.3) is 0 Å². The predicted octanol–water partition coefficient (Wildman–Crippen LogP) is 0.816. The van der Waals surface area contributed by atoms with Gasteiger partial charge >= 0.3 is 0 Å². The van der Waals surface area contributed by atoms with Crippen LogP contribution in [-0.4, -0.2) is 26.2 Å².